The molecule has 0 saturated carbocycles. The summed E-state index contributed by atoms with van der Waals surface area (Å²) in [5.74, 6) is -0.928. The van der Waals surface area contributed by atoms with E-state index in [0.717, 1.165) is 5.56 Å². The number of rotatable bonds is 4. The Morgan fingerprint density at radius 3 is 2.83 bits per heavy atom. The summed E-state index contributed by atoms with van der Waals surface area (Å²) in [6, 6.07) is 7.59. The van der Waals surface area contributed by atoms with Gasteiger partial charge in [-0.3, -0.25) is 14.4 Å². The lowest BCUT2D eigenvalue weighted by molar-refractivity contribution is -0.139. The number of primary amides is 1. The molecule has 0 bridgehead atoms. The summed E-state index contributed by atoms with van der Waals surface area (Å²) in [7, 11) is 0. The molecule has 2 rings (SSSR count). The van der Waals surface area contributed by atoms with Gasteiger partial charge in [0, 0.05) is 6.54 Å². The first-order valence-corrected chi connectivity index (χ1v) is 5.67. The van der Waals surface area contributed by atoms with Crippen LogP contribution in [0.4, 0.5) is 0 Å². The van der Waals surface area contributed by atoms with Gasteiger partial charge >= 0.3 is 0 Å². The lowest BCUT2D eigenvalue weighted by Gasteiger charge is -2.24. The zero-order valence-corrected chi connectivity index (χ0v) is 9.81. The van der Waals surface area contributed by atoms with Crippen molar-refractivity contribution in [1.29, 1.82) is 0 Å². The molecule has 96 valence electrons. The molecule has 1 atom stereocenters. The Labute approximate surface area is 104 Å². The first kappa shape index (κ1) is 12.5. The highest BCUT2D eigenvalue weighted by Gasteiger charge is 2.23. The van der Waals surface area contributed by atoms with Crippen molar-refractivity contribution in [2.45, 2.75) is 19.0 Å². The molecule has 1 aromatic carbocycles. The van der Waals surface area contributed by atoms with Gasteiger partial charge < -0.3 is 11.1 Å². The molecule has 0 radical (unpaired) electrons. The van der Waals surface area contributed by atoms with Gasteiger partial charge in [0.15, 0.2) is 6.61 Å². The van der Waals surface area contributed by atoms with E-state index in [2.05, 4.69) is 15.6 Å². The molecule has 4 N–H and O–H groups in total. The van der Waals surface area contributed by atoms with Gasteiger partial charge in [-0.25, -0.2) is 5.48 Å². The van der Waals surface area contributed by atoms with E-state index in [9.17, 15) is 9.59 Å². The maximum atomic E-state index is 11.7. The summed E-state index contributed by atoms with van der Waals surface area (Å²) in [6.45, 7) is 0.319. The van der Waals surface area contributed by atoms with Crippen LogP contribution < -0.4 is 16.5 Å². The molecule has 0 unspecified atom stereocenters. The normalized spacial score (nSPS) is 17.9. The number of hydroxylamine groups is 1. The van der Waals surface area contributed by atoms with Crippen molar-refractivity contribution < 1.29 is 14.4 Å². The third-order valence-corrected chi connectivity index (χ3v) is 2.79. The molecular formula is C12H15N3O3. The van der Waals surface area contributed by atoms with Gasteiger partial charge in [0.2, 0.25) is 5.91 Å². The van der Waals surface area contributed by atoms with E-state index in [-0.39, 0.29) is 18.6 Å². The number of carbonyl (C=O) groups is 2. The average Bonchev–Trinajstić information content (AvgIpc) is 2.37. The molecule has 6 nitrogen and oxygen atoms in total. The Morgan fingerprint density at radius 2 is 2.11 bits per heavy atom. The second-order valence-electron chi connectivity index (χ2n) is 4.13. The smallest absolute Gasteiger partial charge is 0.261 e. The van der Waals surface area contributed by atoms with E-state index >= 15 is 0 Å². The Bertz CT molecular complexity index is 462. The first-order chi connectivity index (χ1) is 8.66. The van der Waals surface area contributed by atoms with Gasteiger partial charge in [-0.1, -0.05) is 24.3 Å². The van der Waals surface area contributed by atoms with Crippen LogP contribution >= 0.6 is 0 Å². The highest BCUT2D eigenvalue weighted by atomic mass is 16.7. The van der Waals surface area contributed by atoms with Crippen molar-refractivity contribution in [2.24, 2.45) is 5.73 Å². The molecule has 0 aromatic heterocycles. The largest absolute Gasteiger partial charge is 0.368 e. The van der Waals surface area contributed by atoms with Crippen molar-refractivity contribution in [1.82, 2.24) is 10.8 Å². The predicted molar refractivity (Wildman–Crippen MR) is 64.1 cm³/mol. The summed E-state index contributed by atoms with van der Waals surface area (Å²) < 4.78 is 0. The minimum absolute atomic E-state index is 0.300. The zero-order chi connectivity index (χ0) is 13.0. The molecule has 0 spiro atoms. The third-order valence-electron chi connectivity index (χ3n) is 2.79. The maximum Gasteiger partial charge on any atom is 0.261 e. The van der Waals surface area contributed by atoms with Crippen LogP contribution in [0, 0.1) is 0 Å². The fraction of sp³-hybridized carbons (Fsp3) is 0.333. The number of nitrogens with two attached hydrogens (primary N) is 1. The van der Waals surface area contributed by atoms with Crippen LogP contribution in [0.2, 0.25) is 0 Å². The Balaban J connectivity index is 1.88. The van der Waals surface area contributed by atoms with Crippen LogP contribution in [0.5, 0.6) is 0 Å². The average molecular weight is 249 g/mol. The molecule has 1 aliphatic rings. The van der Waals surface area contributed by atoms with Gasteiger partial charge in [0.05, 0.1) is 6.04 Å². The van der Waals surface area contributed by atoms with Gasteiger partial charge in [0.1, 0.15) is 0 Å². The monoisotopic (exact) mass is 249 g/mol. The minimum atomic E-state index is -0.628. The lowest BCUT2D eigenvalue weighted by Crippen LogP contribution is -2.48. The van der Waals surface area contributed by atoms with Gasteiger partial charge in [-0.2, -0.15) is 0 Å². The predicted octanol–water partition coefficient (Wildman–Crippen LogP) is -0.766. The van der Waals surface area contributed by atoms with Gasteiger partial charge in [0.25, 0.3) is 5.91 Å². The molecule has 18 heavy (non-hydrogen) atoms. The topological polar surface area (TPSA) is 93.5 Å². The Morgan fingerprint density at radius 1 is 1.39 bits per heavy atom. The van der Waals surface area contributed by atoms with E-state index < -0.39 is 5.91 Å². The highest BCUT2D eigenvalue weighted by Crippen LogP contribution is 2.16. The van der Waals surface area contributed by atoms with E-state index in [1.165, 1.54) is 5.56 Å². The molecule has 6 heteroatoms. The van der Waals surface area contributed by atoms with E-state index in [0.29, 0.717) is 13.0 Å². The van der Waals surface area contributed by atoms with Crippen molar-refractivity contribution >= 4 is 11.8 Å². The van der Waals surface area contributed by atoms with Crippen LogP contribution in [0.1, 0.15) is 11.1 Å². The standard InChI is InChI=1S/C12H15N3O3/c13-11(16)7-18-15-12(17)10-5-8-3-1-2-4-9(8)6-14-10/h1-4,10,14H,5-7H2,(H2,13,16)(H,15,17)/t10-/m1/s1. The van der Waals surface area contributed by atoms with E-state index in [1.807, 2.05) is 24.3 Å². The van der Waals surface area contributed by atoms with Crippen molar-refractivity contribution in [3.8, 4) is 0 Å². The van der Waals surface area contributed by atoms with Crippen molar-refractivity contribution in [3.63, 3.8) is 0 Å². The first-order valence-electron chi connectivity index (χ1n) is 5.67. The highest BCUT2D eigenvalue weighted by molar-refractivity contribution is 5.82. The number of nitrogens with one attached hydrogen (secondary N) is 2. The Hall–Kier alpha value is -1.92. The van der Waals surface area contributed by atoms with Crippen LogP contribution in [-0.4, -0.2) is 24.5 Å². The van der Waals surface area contributed by atoms with Crippen LogP contribution in [0.25, 0.3) is 0 Å². The van der Waals surface area contributed by atoms with Crippen molar-refractivity contribution in [2.75, 3.05) is 6.61 Å². The zero-order valence-electron chi connectivity index (χ0n) is 9.81. The molecular weight excluding hydrogens is 234 g/mol. The van der Waals surface area contributed by atoms with Gasteiger partial charge in [-0.15, -0.1) is 0 Å². The SMILES string of the molecule is NC(=O)CONC(=O)[C@H]1Cc2ccccc2CN1. The number of hydrogen-bond donors (Lipinski definition) is 3. The quantitative estimate of drug-likeness (QED) is 0.611. The molecule has 1 aromatic rings. The number of benzene rings is 1. The summed E-state index contributed by atoms with van der Waals surface area (Å²) in [5.41, 5.74) is 9.44. The number of hydrogen-bond acceptors (Lipinski definition) is 4. The molecule has 0 fully saturated rings. The third kappa shape index (κ3) is 3.06. The minimum Gasteiger partial charge on any atom is -0.368 e. The van der Waals surface area contributed by atoms with E-state index in [1.54, 1.807) is 0 Å². The molecule has 2 amide bonds. The maximum absolute atomic E-state index is 11.7. The number of amides is 2. The summed E-state index contributed by atoms with van der Waals surface area (Å²) in [4.78, 5) is 26.9. The lowest BCUT2D eigenvalue weighted by atomic mass is 9.96. The van der Waals surface area contributed by atoms with Crippen LogP contribution in [-0.2, 0) is 27.4 Å². The Kier molecular flexibility index (Phi) is 3.91. The fourth-order valence-electron chi connectivity index (χ4n) is 1.89. The molecule has 0 saturated heterocycles. The van der Waals surface area contributed by atoms with Crippen LogP contribution in [0.3, 0.4) is 0 Å². The molecule has 0 aliphatic carbocycles. The number of carbonyl (C=O) groups excluding carboxylic acids is 2. The van der Waals surface area contributed by atoms with Crippen molar-refractivity contribution in [3.05, 3.63) is 35.4 Å². The second-order valence-corrected chi connectivity index (χ2v) is 4.13. The molecule has 1 aliphatic heterocycles. The summed E-state index contributed by atoms with van der Waals surface area (Å²) in [6.07, 6.45) is 0.599. The second kappa shape index (κ2) is 5.61. The van der Waals surface area contributed by atoms with Crippen LogP contribution in [0.15, 0.2) is 24.3 Å². The number of fused-ring (bicyclic) bond motifs is 1. The summed E-state index contributed by atoms with van der Waals surface area (Å²) in [5, 5.41) is 3.10. The van der Waals surface area contributed by atoms with Gasteiger partial charge in [-0.05, 0) is 17.5 Å². The van der Waals surface area contributed by atoms with E-state index in [4.69, 9.17) is 5.73 Å². The fourth-order valence-corrected chi connectivity index (χ4v) is 1.89. The molecule has 1 heterocycles. The summed E-state index contributed by atoms with van der Waals surface area (Å²) >= 11 is 0.